The number of nitrogens with one attached hydrogen (secondary N) is 1. The summed E-state index contributed by atoms with van der Waals surface area (Å²) in [5.74, 6) is 0.481. The Morgan fingerprint density at radius 1 is 1.04 bits per heavy atom. The van der Waals surface area contributed by atoms with E-state index in [-0.39, 0.29) is 18.0 Å². The Labute approximate surface area is 151 Å². The van der Waals surface area contributed by atoms with Gasteiger partial charge in [-0.3, -0.25) is 9.59 Å². The maximum Gasteiger partial charge on any atom is 0.267 e. The van der Waals surface area contributed by atoms with Crippen molar-refractivity contribution >= 4 is 5.91 Å². The molecule has 6 nitrogen and oxygen atoms in total. The first-order chi connectivity index (χ1) is 12.7. The molecule has 6 heteroatoms. The van der Waals surface area contributed by atoms with Crippen LogP contribution < -0.4 is 15.6 Å². The first-order valence-corrected chi connectivity index (χ1v) is 8.19. The van der Waals surface area contributed by atoms with Crippen molar-refractivity contribution in [1.82, 2.24) is 15.1 Å². The Balaban J connectivity index is 1.66. The summed E-state index contributed by atoms with van der Waals surface area (Å²) in [4.78, 5) is 24.2. The van der Waals surface area contributed by atoms with Gasteiger partial charge >= 0.3 is 0 Å². The van der Waals surface area contributed by atoms with Gasteiger partial charge < -0.3 is 10.1 Å². The number of hydrogen-bond acceptors (Lipinski definition) is 4. The third-order valence-electron chi connectivity index (χ3n) is 3.88. The second kappa shape index (κ2) is 8.11. The second-order valence-corrected chi connectivity index (χ2v) is 5.71. The zero-order valence-corrected chi connectivity index (χ0v) is 14.4. The van der Waals surface area contributed by atoms with Gasteiger partial charge in [0, 0.05) is 18.2 Å². The Bertz CT molecular complexity index is 935. The number of carbonyl (C=O) groups excluding carboxylic acids is 1. The number of methoxy groups -OCH3 is 1. The minimum Gasteiger partial charge on any atom is -0.497 e. The zero-order chi connectivity index (χ0) is 18.4. The van der Waals surface area contributed by atoms with Gasteiger partial charge in [-0.2, -0.15) is 5.10 Å². The van der Waals surface area contributed by atoms with Gasteiger partial charge in [-0.25, -0.2) is 4.68 Å². The van der Waals surface area contributed by atoms with Gasteiger partial charge in [0.05, 0.1) is 12.8 Å². The molecule has 0 fully saturated rings. The first-order valence-electron chi connectivity index (χ1n) is 8.19. The minimum atomic E-state index is -0.315. The number of hydrogen-bond donors (Lipinski definition) is 1. The highest BCUT2D eigenvalue weighted by atomic mass is 16.5. The fourth-order valence-corrected chi connectivity index (χ4v) is 2.46. The number of amides is 1. The molecular formula is C20H19N3O3. The summed E-state index contributed by atoms with van der Waals surface area (Å²) in [6.07, 6.45) is 0. The van der Waals surface area contributed by atoms with Crippen molar-refractivity contribution in [3.05, 3.63) is 82.6 Å². The van der Waals surface area contributed by atoms with Gasteiger partial charge in [-0.05, 0) is 23.8 Å². The van der Waals surface area contributed by atoms with E-state index in [9.17, 15) is 9.59 Å². The molecule has 0 aliphatic rings. The summed E-state index contributed by atoms with van der Waals surface area (Å²) < 4.78 is 6.27. The van der Waals surface area contributed by atoms with Gasteiger partial charge in [0.2, 0.25) is 5.91 Å². The number of carbonyl (C=O) groups is 1. The van der Waals surface area contributed by atoms with E-state index in [0.717, 1.165) is 16.9 Å². The molecule has 0 saturated carbocycles. The van der Waals surface area contributed by atoms with Crippen LogP contribution in [0.2, 0.25) is 0 Å². The van der Waals surface area contributed by atoms with Gasteiger partial charge in [-0.1, -0.05) is 42.5 Å². The largest absolute Gasteiger partial charge is 0.497 e. The fraction of sp³-hybridized carbons (Fsp3) is 0.150. The van der Waals surface area contributed by atoms with Gasteiger partial charge in [0.25, 0.3) is 5.56 Å². The summed E-state index contributed by atoms with van der Waals surface area (Å²) in [5.41, 5.74) is 2.16. The molecule has 2 aromatic carbocycles. The molecule has 0 spiro atoms. The molecule has 1 aromatic heterocycles. The molecular weight excluding hydrogens is 330 g/mol. The molecule has 0 aliphatic heterocycles. The monoisotopic (exact) mass is 349 g/mol. The summed E-state index contributed by atoms with van der Waals surface area (Å²) in [5, 5.41) is 7.08. The Morgan fingerprint density at radius 2 is 1.77 bits per heavy atom. The lowest BCUT2D eigenvalue weighted by molar-refractivity contribution is -0.122. The fourth-order valence-electron chi connectivity index (χ4n) is 2.46. The van der Waals surface area contributed by atoms with Crippen LogP contribution in [0.1, 0.15) is 5.56 Å². The Kier molecular flexibility index (Phi) is 5.43. The molecule has 26 heavy (non-hydrogen) atoms. The van der Waals surface area contributed by atoms with E-state index in [2.05, 4.69) is 10.4 Å². The third-order valence-corrected chi connectivity index (χ3v) is 3.88. The topological polar surface area (TPSA) is 73.2 Å². The average molecular weight is 349 g/mol. The van der Waals surface area contributed by atoms with Crippen LogP contribution in [-0.2, 0) is 17.9 Å². The smallest absolute Gasteiger partial charge is 0.267 e. The van der Waals surface area contributed by atoms with Crippen molar-refractivity contribution < 1.29 is 9.53 Å². The van der Waals surface area contributed by atoms with E-state index in [1.165, 1.54) is 10.7 Å². The van der Waals surface area contributed by atoms with Crippen LogP contribution in [0.15, 0.2) is 71.5 Å². The molecule has 3 rings (SSSR count). The van der Waals surface area contributed by atoms with Crippen molar-refractivity contribution in [2.24, 2.45) is 0 Å². The van der Waals surface area contributed by atoms with E-state index in [0.29, 0.717) is 12.2 Å². The number of rotatable bonds is 6. The third kappa shape index (κ3) is 4.36. The first kappa shape index (κ1) is 17.4. The molecule has 0 saturated heterocycles. The quantitative estimate of drug-likeness (QED) is 0.741. The lowest BCUT2D eigenvalue weighted by Gasteiger charge is -2.09. The van der Waals surface area contributed by atoms with Crippen LogP contribution in [0.3, 0.4) is 0 Å². The van der Waals surface area contributed by atoms with Gasteiger partial charge in [-0.15, -0.1) is 0 Å². The molecule has 0 bridgehead atoms. The summed E-state index contributed by atoms with van der Waals surface area (Å²) >= 11 is 0. The molecule has 3 aromatic rings. The summed E-state index contributed by atoms with van der Waals surface area (Å²) in [6.45, 7) is 0.242. The van der Waals surface area contributed by atoms with Crippen molar-refractivity contribution in [2.45, 2.75) is 13.1 Å². The van der Waals surface area contributed by atoms with E-state index in [1.807, 2.05) is 54.6 Å². The maximum absolute atomic E-state index is 12.2. The molecule has 0 radical (unpaired) electrons. The van der Waals surface area contributed by atoms with E-state index < -0.39 is 0 Å². The van der Waals surface area contributed by atoms with Crippen LogP contribution >= 0.6 is 0 Å². The number of nitrogens with zero attached hydrogens (tertiary/aromatic N) is 2. The second-order valence-electron chi connectivity index (χ2n) is 5.71. The highest BCUT2D eigenvalue weighted by Crippen LogP contribution is 2.14. The summed E-state index contributed by atoms with van der Waals surface area (Å²) in [6, 6.07) is 20.0. The summed E-state index contributed by atoms with van der Waals surface area (Å²) in [7, 11) is 1.60. The van der Waals surface area contributed by atoms with Crippen molar-refractivity contribution in [1.29, 1.82) is 0 Å². The van der Waals surface area contributed by atoms with Crippen molar-refractivity contribution in [3.8, 4) is 17.0 Å². The molecule has 0 atom stereocenters. The SMILES string of the molecule is COc1ccc(CNC(=O)Cn2nc(-c3ccccc3)ccc2=O)cc1. The van der Waals surface area contributed by atoms with E-state index in [1.54, 1.807) is 13.2 Å². The predicted octanol–water partition coefficient (Wildman–Crippen LogP) is 2.24. The number of benzene rings is 2. The lowest BCUT2D eigenvalue weighted by Crippen LogP contribution is -2.33. The molecule has 0 unspecified atom stereocenters. The van der Waals surface area contributed by atoms with Crippen molar-refractivity contribution in [3.63, 3.8) is 0 Å². The molecule has 0 aliphatic carbocycles. The van der Waals surface area contributed by atoms with Crippen LogP contribution in [0.5, 0.6) is 5.75 Å². The van der Waals surface area contributed by atoms with E-state index >= 15 is 0 Å². The highest BCUT2D eigenvalue weighted by molar-refractivity contribution is 5.75. The number of ether oxygens (including phenoxy) is 1. The normalized spacial score (nSPS) is 10.3. The maximum atomic E-state index is 12.2. The van der Waals surface area contributed by atoms with Crippen LogP contribution in [-0.4, -0.2) is 22.8 Å². The standard InChI is InChI=1S/C20H19N3O3/c1-26-17-9-7-15(8-10-17)13-21-19(24)14-23-20(25)12-11-18(22-23)16-5-3-2-4-6-16/h2-12H,13-14H2,1H3,(H,21,24). The molecule has 132 valence electrons. The van der Waals surface area contributed by atoms with Crippen LogP contribution in [0.4, 0.5) is 0 Å². The molecule has 1 N–H and O–H groups in total. The van der Waals surface area contributed by atoms with Gasteiger partial charge in [0.15, 0.2) is 0 Å². The van der Waals surface area contributed by atoms with Crippen molar-refractivity contribution in [2.75, 3.05) is 7.11 Å². The highest BCUT2D eigenvalue weighted by Gasteiger charge is 2.08. The Hall–Kier alpha value is -3.41. The van der Waals surface area contributed by atoms with Crippen LogP contribution in [0, 0.1) is 0 Å². The zero-order valence-electron chi connectivity index (χ0n) is 14.4. The average Bonchev–Trinajstić information content (AvgIpc) is 2.69. The molecule has 1 heterocycles. The van der Waals surface area contributed by atoms with E-state index in [4.69, 9.17) is 4.74 Å². The van der Waals surface area contributed by atoms with Gasteiger partial charge in [0.1, 0.15) is 12.3 Å². The lowest BCUT2D eigenvalue weighted by atomic mass is 10.1. The predicted molar refractivity (Wildman–Crippen MR) is 98.8 cm³/mol. The molecule has 1 amide bonds. The minimum absolute atomic E-state index is 0.129. The number of aromatic nitrogens is 2. The Morgan fingerprint density at radius 3 is 2.46 bits per heavy atom. The van der Waals surface area contributed by atoms with Crippen LogP contribution in [0.25, 0.3) is 11.3 Å².